The molecule has 1 unspecified atom stereocenters. The lowest BCUT2D eigenvalue weighted by molar-refractivity contribution is -0.128. The molecular formula is C22H29NO2S. The number of thioether (sulfide) groups is 1. The molecule has 2 aromatic carbocycles. The van der Waals surface area contributed by atoms with Gasteiger partial charge in [-0.05, 0) is 55.5 Å². The van der Waals surface area contributed by atoms with E-state index in [9.17, 15) is 4.79 Å². The first-order chi connectivity index (χ1) is 12.5. The molecule has 1 atom stereocenters. The van der Waals surface area contributed by atoms with Crippen LogP contribution >= 0.6 is 11.8 Å². The van der Waals surface area contributed by atoms with Gasteiger partial charge in [0.05, 0.1) is 0 Å². The number of rotatable bonds is 9. The molecule has 2 rings (SSSR count). The van der Waals surface area contributed by atoms with E-state index in [2.05, 4.69) is 42.6 Å². The largest absolute Gasteiger partial charge is 0.480 e. The molecule has 1 amide bonds. The lowest BCUT2D eigenvalue weighted by Gasteiger charge is -2.19. The third-order valence-electron chi connectivity index (χ3n) is 4.34. The summed E-state index contributed by atoms with van der Waals surface area (Å²) in [6.07, 6.45) is 0.201. The zero-order valence-corrected chi connectivity index (χ0v) is 17.0. The summed E-state index contributed by atoms with van der Waals surface area (Å²) in [5.74, 6) is 2.62. The Morgan fingerprint density at radius 1 is 1.12 bits per heavy atom. The van der Waals surface area contributed by atoms with E-state index in [4.69, 9.17) is 4.74 Å². The zero-order valence-electron chi connectivity index (χ0n) is 16.2. The van der Waals surface area contributed by atoms with E-state index in [1.807, 2.05) is 44.7 Å². The number of hydrogen-bond acceptors (Lipinski definition) is 3. The maximum absolute atomic E-state index is 12.4. The van der Waals surface area contributed by atoms with Crippen molar-refractivity contribution in [2.45, 2.75) is 46.0 Å². The highest BCUT2D eigenvalue weighted by atomic mass is 32.2. The normalized spacial score (nSPS) is 11.8. The van der Waals surface area contributed by atoms with Crippen LogP contribution in [0.15, 0.2) is 42.5 Å². The van der Waals surface area contributed by atoms with E-state index in [0.717, 1.165) is 28.4 Å². The van der Waals surface area contributed by atoms with Crippen molar-refractivity contribution in [1.82, 2.24) is 5.32 Å². The van der Waals surface area contributed by atoms with Crippen LogP contribution in [0.5, 0.6) is 5.75 Å². The second kappa shape index (κ2) is 10.3. The number of hydrogen-bond donors (Lipinski definition) is 1. The van der Waals surface area contributed by atoms with Gasteiger partial charge in [0, 0.05) is 18.1 Å². The SMILES string of the molecule is CCC(Oc1cc(C)ccc1C)C(=O)NCCSCc1ccccc1C. The molecule has 0 aromatic heterocycles. The van der Waals surface area contributed by atoms with Gasteiger partial charge in [-0.3, -0.25) is 4.79 Å². The van der Waals surface area contributed by atoms with Crippen molar-refractivity contribution < 1.29 is 9.53 Å². The summed E-state index contributed by atoms with van der Waals surface area (Å²) in [5.41, 5.74) is 4.86. The number of carbonyl (C=O) groups excluding carboxylic acids is 1. The van der Waals surface area contributed by atoms with E-state index in [0.29, 0.717) is 13.0 Å². The van der Waals surface area contributed by atoms with Gasteiger partial charge in [-0.1, -0.05) is 43.3 Å². The predicted octanol–water partition coefficient (Wildman–Crippen LogP) is 4.82. The molecule has 26 heavy (non-hydrogen) atoms. The lowest BCUT2D eigenvalue weighted by atomic mass is 10.1. The molecule has 0 heterocycles. The number of carbonyl (C=O) groups is 1. The van der Waals surface area contributed by atoms with Crippen LogP contribution < -0.4 is 10.1 Å². The summed E-state index contributed by atoms with van der Waals surface area (Å²) in [4.78, 5) is 12.4. The summed E-state index contributed by atoms with van der Waals surface area (Å²) in [7, 11) is 0. The van der Waals surface area contributed by atoms with Gasteiger partial charge in [0.2, 0.25) is 0 Å². The third kappa shape index (κ3) is 6.10. The average Bonchev–Trinajstić information content (AvgIpc) is 2.63. The third-order valence-corrected chi connectivity index (χ3v) is 5.35. The molecule has 0 aliphatic heterocycles. The Morgan fingerprint density at radius 3 is 2.62 bits per heavy atom. The van der Waals surface area contributed by atoms with Crippen LogP contribution in [0, 0.1) is 20.8 Å². The Balaban J connectivity index is 1.76. The molecule has 0 spiro atoms. The number of ether oxygens (including phenoxy) is 1. The van der Waals surface area contributed by atoms with Crippen LogP contribution in [-0.4, -0.2) is 24.3 Å². The topological polar surface area (TPSA) is 38.3 Å². The average molecular weight is 372 g/mol. The molecule has 4 heteroatoms. The number of amides is 1. The Morgan fingerprint density at radius 2 is 1.88 bits per heavy atom. The highest BCUT2D eigenvalue weighted by molar-refractivity contribution is 7.98. The lowest BCUT2D eigenvalue weighted by Crippen LogP contribution is -2.39. The smallest absolute Gasteiger partial charge is 0.261 e. The maximum Gasteiger partial charge on any atom is 0.261 e. The van der Waals surface area contributed by atoms with Gasteiger partial charge < -0.3 is 10.1 Å². The molecule has 1 N–H and O–H groups in total. The van der Waals surface area contributed by atoms with Crippen LogP contribution in [-0.2, 0) is 10.5 Å². The number of benzene rings is 2. The van der Waals surface area contributed by atoms with E-state index in [1.54, 1.807) is 0 Å². The first-order valence-corrected chi connectivity index (χ1v) is 10.3. The van der Waals surface area contributed by atoms with Gasteiger partial charge >= 0.3 is 0 Å². The molecule has 0 saturated carbocycles. The molecule has 0 aliphatic carbocycles. The minimum Gasteiger partial charge on any atom is -0.480 e. The van der Waals surface area contributed by atoms with Gasteiger partial charge in [-0.15, -0.1) is 0 Å². The van der Waals surface area contributed by atoms with Crippen LogP contribution in [0.3, 0.4) is 0 Å². The van der Waals surface area contributed by atoms with Crippen molar-refractivity contribution in [2.75, 3.05) is 12.3 Å². The highest BCUT2D eigenvalue weighted by Crippen LogP contribution is 2.21. The molecule has 0 fully saturated rings. The Bertz CT molecular complexity index is 730. The highest BCUT2D eigenvalue weighted by Gasteiger charge is 2.18. The van der Waals surface area contributed by atoms with Gasteiger partial charge in [0.15, 0.2) is 6.10 Å². The molecule has 0 radical (unpaired) electrons. The van der Waals surface area contributed by atoms with E-state index in [-0.39, 0.29) is 5.91 Å². The molecule has 3 nitrogen and oxygen atoms in total. The first-order valence-electron chi connectivity index (χ1n) is 9.15. The summed E-state index contributed by atoms with van der Waals surface area (Å²) in [5, 5.41) is 3.00. The van der Waals surface area contributed by atoms with Crippen molar-refractivity contribution in [1.29, 1.82) is 0 Å². The monoisotopic (exact) mass is 371 g/mol. The van der Waals surface area contributed by atoms with Crippen molar-refractivity contribution in [3.05, 3.63) is 64.7 Å². The fourth-order valence-corrected chi connectivity index (χ4v) is 3.56. The molecular weight excluding hydrogens is 342 g/mol. The van der Waals surface area contributed by atoms with Gasteiger partial charge in [0.25, 0.3) is 5.91 Å². The zero-order chi connectivity index (χ0) is 18.9. The van der Waals surface area contributed by atoms with Crippen LogP contribution in [0.1, 0.15) is 35.6 Å². The first kappa shape index (κ1) is 20.4. The van der Waals surface area contributed by atoms with E-state index in [1.165, 1.54) is 11.1 Å². The molecule has 0 aliphatic rings. The van der Waals surface area contributed by atoms with Gasteiger partial charge in [-0.25, -0.2) is 0 Å². The molecule has 140 valence electrons. The van der Waals surface area contributed by atoms with Crippen LogP contribution in [0.4, 0.5) is 0 Å². The fourth-order valence-electron chi connectivity index (χ4n) is 2.62. The second-order valence-corrected chi connectivity index (χ2v) is 7.66. The van der Waals surface area contributed by atoms with Crippen LogP contribution in [0.2, 0.25) is 0 Å². The van der Waals surface area contributed by atoms with Crippen LogP contribution in [0.25, 0.3) is 0 Å². The molecule has 0 bridgehead atoms. The summed E-state index contributed by atoms with van der Waals surface area (Å²) in [6, 6.07) is 14.5. The standard InChI is InChI=1S/C22H29NO2S/c1-5-20(25-21-14-16(2)10-11-18(21)4)22(24)23-12-13-26-15-19-9-7-6-8-17(19)3/h6-11,14,20H,5,12-13,15H2,1-4H3,(H,23,24). The van der Waals surface area contributed by atoms with E-state index >= 15 is 0 Å². The molecule has 2 aromatic rings. The fraction of sp³-hybridized carbons (Fsp3) is 0.409. The maximum atomic E-state index is 12.4. The van der Waals surface area contributed by atoms with Crippen molar-refractivity contribution in [2.24, 2.45) is 0 Å². The quantitative estimate of drug-likeness (QED) is 0.642. The molecule has 0 saturated heterocycles. The summed E-state index contributed by atoms with van der Waals surface area (Å²) >= 11 is 1.83. The van der Waals surface area contributed by atoms with Crippen molar-refractivity contribution >= 4 is 17.7 Å². The van der Waals surface area contributed by atoms with Gasteiger partial charge in [-0.2, -0.15) is 11.8 Å². The van der Waals surface area contributed by atoms with Crippen molar-refractivity contribution in [3.63, 3.8) is 0 Å². The minimum absolute atomic E-state index is 0.0371. The van der Waals surface area contributed by atoms with Crippen molar-refractivity contribution in [3.8, 4) is 5.75 Å². The number of aryl methyl sites for hydroxylation is 3. The Labute approximate surface area is 161 Å². The Hall–Kier alpha value is -1.94. The predicted molar refractivity (Wildman–Crippen MR) is 111 cm³/mol. The minimum atomic E-state index is -0.447. The number of nitrogens with one attached hydrogen (secondary N) is 1. The second-order valence-electron chi connectivity index (χ2n) is 6.55. The summed E-state index contributed by atoms with van der Waals surface area (Å²) < 4.78 is 5.96. The Kier molecular flexibility index (Phi) is 8.05. The van der Waals surface area contributed by atoms with E-state index < -0.39 is 6.10 Å². The van der Waals surface area contributed by atoms with Gasteiger partial charge in [0.1, 0.15) is 5.75 Å². The summed E-state index contributed by atoms with van der Waals surface area (Å²) in [6.45, 7) is 8.79.